The molecular weight excluding hydrogens is 408 g/mol. The maximum atomic E-state index is 12.7. The molecule has 0 heterocycles. The Kier molecular flexibility index (Phi) is 7.83. The summed E-state index contributed by atoms with van der Waals surface area (Å²) >= 11 is 0. The van der Waals surface area contributed by atoms with Crippen molar-refractivity contribution < 1.29 is 24.6 Å². The highest BCUT2D eigenvalue weighted by Crippen LogP contribution is 2.37. The Morgan fingerprint density at radius 3 is 2.41 bits per heavy atom. The molecule has 0 aliphatic heterocycles. The zero-order valence-corrected chi connectivity index (χ0v) is 17.7. The van der Waals surface area contributed by atoms with Crippen LogP contribution in [0.5, 0.6) is 5.75 Å². The van der Waals surface area contributed by atoms with Crippen molar-refractivity contribution in [1.82, 2.24) is 5.48 Å². The summed E-state index contributed by atoms with van der Waals surface area (Å²) in [4.78, 5) is 23.8. The fraction of sp³-hybridized carbons (Fsp3) is 0.200. The number of benzene rings is 3. The minimum absolute atomic E-state index is 0.105. The van der Waals surface area contributed by atoms with Gasteiger partial charge in [-0.3, -0.25) is 15.3 Å². The Labute approximate surface area is 186 Å². The number of amides is 2. The third-order valence-corrected chi connectivity index (χ3v) is 5.18. The number of anilines is 1. The van der Waals surface area contributed by atoms with Gasteiger partial charge in [0.25, 0.3) is 5.91 Å². The molecule has 2 atom stereocenters. The number of hydroxylamine groups is 1. The number of hydrogen-bond acceptors (Lipinski definition) is 5. The number of phenolic OH excluding ortho intramolecular Hbond substituents is 1. The lowest BCUT2D eigenvalue weighted by Crippen LogP contribution is -2.22. The van der Waals surface area contributed by atoms with Gasteiger partial charge in [0.2, 0.25) is 0 Å². The molecule has 0 aromatic heterocycles. The Hall–Kier alpha value is -3.84. The van der Waals surface area contributed by atoms with Gasteiger partial charge in [-0.05, 0) is 42.3 Å². The molecular formula is C25H26N2O5. The van der Waals surface area contributed by atoms with E-state index in [0.29, 0.717) is 23.9 Å². The number of nitrogens with one attached hydrogen (secondary N) is 2. The quantitative estimate of drug-likeness (QED) is 0.218. The molecule has 166 valence electrons. The number of para-hydroxylation sites is 1. The first-order valence-corrected chi connectivity index (χ1v) is 10.3. The second kappa shape index (κ2) is 11.0. The van der Waals surface area contributed by atoms with Gasteiger partial charge in [0, 0.05) is 22.7 Å². The van der Waals surface area contributed by atoms with Crippen LogP contribution in [0.4, 0.5) is 10.5 Å². The minimum Gasteiger partial charge on any atom is -0.507 e. The number of fused-ring (bicyclic) bond motifs is 1. The third kappa shape index (κ3) is 5.86. The van der Waals surface area contributed by atoms with Gasteiger partial charge in [-0.25, -0.2) is 10.3 Å². The molecule has 7 heteroatoms. The summed E-state index contributed by atoms with van der Waals surface area (Å²) in [6.45, 7) is 1.96. The van der Waals surface area contributed by atoms with Gasteiger partial charge in [0.15, 0.2) is 0 Å². The van der Waals surface area contributed by atoms with Crippen LogP contribution in [0.15, 0.2) is 78.9 Å². The topological polar surface area (TPSA) is 108 Å². The van der Waals surface area contributed by atoms with Crippen molar-refractivity contribution in [3.8, 4) is 5.75 Å². The van der Waals surface area contributed by atoms with Crippen LogP contribution in [0.2, 0.25) is 0 Å². The van der Waals surface area contributed by atoms with Crippen molar-refractivity contribution in [3.05, 3.63) is 84.4 Å². The van der Waals surface area contributed by atoms with Crippen molar-refractivity contribution in [2.75, 3.05) is 5.32 Å². The van der Waals surface area contributed by atoms with Crippen molar-refractivity contribution in [3.63, 3.8) is 0 Å². The zero-order valence-electron chi connectivity index (χ0n) is 17.7. The molecule has 0 bridgehead atoms. The number of hydrogen-bond donors (Lipinski definition) is 4. The van der Waals surface area contributed by atoms with E-state index < -0.39 is 18.1 Å². The summed E-state index contributed by atoms with van der Waals surface area (Å²) < 4.78 is 5.87. The highest BCUT2D eigenvalue weighted by Gasteiger charge is 2.26. The monoisotopic (exact) mass is 434 g/mol. The molecule has 0 aliphatic rings. The van der Waals surface area contributed by atoms with Gasteiger partial charge in [-0.15, -0.1) is 0 Å². The maximum Gasteiger partial charge on any atom is 0.412 e. The number of aromatic hydroxyl groups is 1. The Bertz CT molecular complexity index is 1100. The molecule has 0 radical (unpaired) electrons. The standard InChI is InChI=1S/C25H26N2O5/c1-17(9-5-8-14-23(29)27-31)24(32-25(30)26-18-10-3-2-4-11-18)21-15-16-22(28)20-13-7-6-12-19(20)21/h2-4,6-8,10-17,24,28,31H,5,9H2,1H3,(H,26,30)(H,27,29)/b14-8+/t17-,24-/m0/s1. The molecule has 3 aromatic rings. The summed E-state index contributed by atoms with van der Waals surface area (Å²) in [6.07, 6.45) is 2.89. The van der Waals surface area contributed by atoms with Crippen LogP contribution in [-0.4, -0.2) is 22.3 Å². The molecule has 4 N–H and O–H groups in total. The van der Waals surface area contributed by atoms with E-state index in [9.17, 15) is 14.7 Å². The third-order valence-electron chi connectivity index (χ3n) is 5.18. The van der Waals surface area contributed by atoms with E-state index in [1.165, 1.54) is 6.08 Å². The summed E-state index contributed by atoms with van der Waals surface area (Å²) in [5, 5.41) is 23.1. The largest absolute Gasteiger partial charge is 0.507 e. The van der Waals surface area contributed by atoms with Crippen molar-refractivity contribution in [2.24, 2.45) is 5.92 Å². The predicted octanol–water partition coefficient (Wildman–Crippen LogP) is 5.31. The van der Waals surface area contributed by atoms with Crippen molar-refractivity contribution in [2.45, 2.75) is 25.9 Å². The van der Waals surface area contributed by atoms with Crippen molar-refractivity contribution >= 4 is 28.5 Å². The number of carbonyl (C=O) groups excluding carboxylic acids is 2. The van der Waals surface area contributed by atoms with Gasteiger partial charge in [0.05, 0.1) is 0 Å². The first-order chi connectivity index (χ1) is 15.5. The van der Waals surface area contributed by atoms with E-state index in [1.54, 1.807) is 35.8 Å². The van der Waals surface area contributed by atoms with Crippen LogP contribution in [-0.2, 0) is 9.53 Å². The van der Waals surface area contributed by atoms with Gasteiger partial charge >= 0.3 is 6.09 Å². The smallest absolute Gasteiger partial charge is 0.412 e. The van der Waals surface area contributed by atoms with Crippen molar-refractivity contribution in [1.29, 1.82) is 0 Å². The van der Waals surface area contributed by atoms with Gasteiger partial charge in [0.1, 0.15) is 11.9 Å². The second-order valence-corrected chi connectivity index (χ2v) is 7.47. The number of carbonyl (C=O) groups is 2. The van der Waals surface area contributed by atoms with Crippen LogP contribution in [0, 0.1) is 5.92 Å². The van der Waals surface area contributed by atoms with E-state index in [0.717, 1.165) is 10.9 Å². The molecule has 2 amide bonds. The van der Waals surface area contributed by atoms with Gasteiger partial charge < -0.3 is 9.84 Å². The average molecular weight is 434 g/mol. The van der Waals surface area contributed by atoms with E-state index in [-0.39, 0.29) is 11.7 Å². The number of allylic oxidation sites excluding steroid dienone is 1. The Morgan fingerprint density at radius 1 is 1.00 bits per heavy atom. The van der Waals surface area contributed by atoms with Gasteiger partial charge in [-0.2, -0.15) is 0 Å². The molecule has 0 unspecified atom stereocenters. The molecule has 0 spiro atoms. The fourth-order valence-corrected chi connectivity index (χ4v) is 3.56. The normalized spacial score (nSPS) is 12.9. The van der Waals surface area contributed by atoms with E-state index in [2.05, 4.69) is 5.32 Å². The molecule has 0 saturated heterocycles. The number of ether oxygens (including phenoxy) is 1. The first-order valence-electron chi connectivity index (χ1n) is 10.3. The van der Waals surface area contributed by atoms with Crippen LogP contribution < -0.4 is 10.8 Å². The molecule has 0 fully saturated rings. The second-order valence-electron chi connectivity index (χ2n) is 7.47. The number of phenols is 1. The summed E-state index contributed by atoms with van der Waals surface area (Å²) in [6, 6.07) is 19.8. The molecule has 7 nitrogen and oxygen atoms in total. The van der Waals surface area contributed by atoms with E-state index in [1.807, 2.05) is 49.4 Å². The zero-order chi connectivity index (χ0) is 22.9. The maximum absolute atomic E-state index is 12.7. The SMILES string of the molecule is C[C@@H](CC/C=C/C(=O)NO)[C@H](OC(=O)Nc1ccccc1)c1ccc(O)c2ccccc12. The molecule has 32 heavy (non-hydrogen) atoms. The lowest BCUT2D eigenvalue weighted by molar-refractivity contribution is -0.124. The Morgan fingerprint density at radius 2 is 1.69 bits per heavy atom. The van der Waals surface area contributed by atoms with E-state index >= 15 is 0 Å². The summed E-state index contributed by atoms with van der Waals surface area (Å²) in [5.41, 5.74) is 2.96. The lowest BCUT2D eigenvalue weighted by Gasteiger charge is -2.26. The fourth-order valence-electron chi connectivity index (χ4n) is 3.56. The van der Waals surface area contributed by atoms with E-state index in [4.69, 9.17) is 9.94 Å². The van der Waals surface area contributed by atoms with Gasteiger partial charge in [-0.1, -0.05) is 61.5 Å². The van der Waals surface area contributed by atoms with Crippen LogP contribution in [0.1, 0.15) is 31.4 Å². The lowest BCUT2D eigenvalue weighted by atomic mass is 9.89. The van der Waals surface area contributed by atoms with Crippen LogP contribution >= 0.6 is 0 Å². The van der Waals surface area contributed by atoms with Crippen LogP contribution in [0.3, 0.4) is 0 Å². The predicted molar refractivity (Wildman–Crippen MR) is 122 cm³/mol. The number of rotatable bonds is 8. The Balaban J connectivity index is 1.86. The highest BCUT2D eigenvalue weighted by molar-refractivity contribution is 5.91. The molecule has 0 aliphatic carbocycles. The summed E-state index contributed by atoms with van der Waals surface area (Å²) in [5.74, 6) is -0.550. The molecule has 0 saturated carbocycles. The highest BCUT2D eigenvalue weighted by atomic mass is 16.6. The first kappa shape index (κ1) is 22.8. The summed E-state index contributed by atoms with van der Waals surface area (Å²) in [7, 11) is 0. The average Bonchev–Trinajstić information content (AvgIpc) is 2.81. The molecule has 3 aromatic carbocycles. The van der Waals surface area contributed by atoms with Crippen LogP contribution in [0.25, 0.3) is 10.8 Å². The molecule has 3 rings (SSSR count). The minimum atomic E-state index is -0.600.